The van der Waals surface area contributed by atoms with Crippen molar-refractivity contribution in [3.05, 3.63) is 113 Å². The van der Waals surface area contributed by atoms with Crippen LogP contribution in [0, 0.1) is 22.7 Å². The van der Waals surface area contributed by atoms with Crippen molar-refractivity contribution < 1.29 is 28.7 Å². The van der Waals surface area contributed by atoms with Crippen molar-refractivity contribution >= 4 is 36.2 Å². The second-order valence-corrected chi connectivity index (χ2v) is 17.5. The van der Waals surface area contributed by atoms with E-state index < -0.39 is 0 Å². The molecule has 0 bridgehead atoms. The molecule has 4 aromatic carbocycles. The average molecular weight is 797 g/mol. The molecule has 2 aliphatic carbocycles. The second kappa shape index (κ2) is 20.7. The van der Waals surface area contributed by atoms with E-state index in [1.165, 1.54) is 38.5 Å². The Morgan fingerprint density at radius 3 is 1.22 bits per heavy atom. The summed E-state index contributed by atoms with van der Waals surface area (Å²) in [6.45, 7) is 14.1. The highest BCUT2D eigenvalue weighted by Crippen LogP contribution is 2.40. The summed E-state index contributed by atoms with van der Waals surface area (Å²) < 4.78 is 18.0. The molecule has 0 amide bonds. The van der Waals surface area contributed by atoms with Gasteiger partial charge in [-0.1, -0.05) is 93.9 Å². The molecule has 2 saturated carbocycles. The number of carbonyl (C=O) groups excluding carboxylic acids is 2. The summed E-state index contributed by atoms with van der Waals surface area (Å²) in [6.07, 6.45) is 12.2. The van der Waals surface area contributed by atoms with Gasteiger partial charge in [-0.25, -0.2) is 0 Å². The molecule has 2 fully saturated rings. The highest BCUT2D eigenvalue weighted by molar-refractivity contribution is 9.10. The van der Waals surface area contributed by atoms with Crippen LogP contribution < -0.4 is 14.1 Å². The first kappa shape index (κ1) is 42.9. The Morgan fingerprint density at radius 1 is 0.537 bits per heavy atom. The maximum atomic E-state index is 10.7. The fraction of sp³-hybridized carbons (Fsp3) is 0.435. The van der Waals surface area contributed by atoms with Gasteiger partial charge < -0.3 is 19.2 Å². The van der Waals surface area contributed by atoms with E-state index in [0.29, 0.717) is 47.6 Å². The van der Waals surface area contributed by atoms with Gasteiger partial charge in [0.2, 0.25) is 0 Å². The number of carbonyl (C=O) groups is 2. The molecule has 0 aromatic heterocycles. The van der Waals surface area contributed by atoms with Crippen LogP contribution >= 0.6 is 15.9 Å². The number of hydrogen-bond donors (Lipinski definition) is 1. The average Bonchev–Trinajstić information content (AvgIpc) is 3.17. The summed E-state index contributed by atoms with van der Waals surface area (Å²) in [5.41, 5.74) is 4.39. The van der Waals surface area contributed by atoms with Crippen molar-refractivity contribution in [3.63, 3.8) is 0 Å². The number of benzene rings is 4. The second-order valence-electron chi connectivity index (χ2n) is 16.5. The fourth-order valence-corrected chi connectivity index (χ4v) is 7.42. The molecule has 6 nitrogen and oxygen atoms in total. The standard InChI is InChI=1S/C23H28O2.C16H23BrO.C7H6BO3/c1-23(2,3)20-10-14-22(15-11-20)25-21-12-8-19(9-13-21)18-6-4-17(16-24)5-7-18;1-16(2,3)12-4-8-14(9-5-12)18-15-10-6-13(17)7-11-15;9-5-6-1-3-7(4-2-6)11-8-10/h4-9,12-13,16,20,22H,10-11,14-15H2,1-3H3;6-7,10-12,14H,4-5,8-9H2,1-3H3;1-5,10H. The molecule has 0 aliphatic heterocycles. The van der Waals surface area contributed by atoms with Gasteiger partial charge in [0.05, 0.1) is 12.2 Å². The van der Waals surface area contributed by atoms with Gasteiger partial charge >= 0.3 is 7.69 Å². The zero-order chi connectivity index (χ0) is 39.1. The number of ether oxygens (including phenoxy) is 2. The topological polar surface area (TPSA) is 82.1 Å². The van der Waals surface area contributed by atoms with E-state index in [1.807, 2.05) is 48.5 Å². The van der Waals surface area contributed by atoms with Crippen LogP contribution in [-0.2, 0) is 0 Å². The molecular formula is C46H57BBrO6. The highest BCUT2D eigenvalue weighted by atomic mass is 79.9. The molecular weight excluding hydrogens is 739 g/mol. The Hall–Kier alpha value is -3.88. The molecule has 287 valence electrons. The first-order valence-corrected chi connectivity index (χ1v) is 20.0. The van der Waals surface area contributed by atoms with Crippen LogP contribution in [0.2, 0.25) is 0 Å². The van der Waals surface area contributed by atoms with Crippen molar-refractivity contribution in [1.82, 2.24) is 0 Å². The Labute approximate surface area is 332 Å². The summed E-state index contributed by atoms with van der Waals surface area (Å²) in [7, 11) is 0.593. The van der Waals surface area contributed by atoms with E-state index in [-0.39, 0.29) is 0 Å². The maximum Gasteiger partial charge on any atom is 0.569 e. The van der Waals surface area contributed by atoms with Crippen LogP contribution in [0.25, 0.3) is 11.1 Å². The summed E-state index contributed by atoms with van der Waals surface area (Å²) in [6, 6.07) is 30.5. The maximum absolute atomic E-state index is 10.7. The van der Waals surface area contributed by atoms with E-state index in [0.717, 1.165) is 64.3 Å². The van der Waals surface area contributed by atoms with Crippen LogP contribution in [-0.4, -0.2) is 37.5 Å². The summed E-state index contributed by atoms with van der Waals surface area (Å²) >= 11 is 3.44. The summed E-state index contributed by atoms with van der Waals surface area (Å²) in [5.74, 6) is 4.11. The SMILES string of the molecule is CC(C)(C)C1CCC(Oc2ccc(-c3ccc(C=O)cc3)cc2)CC1.CC(C)(C)C1CCC(Oc2ccc(Br)cc2)CC1.O=Cc1ccc(O[B]O)cc1. The van der Waals surface area contributed by atoms with Gasteiger partial charge in [-0.2, -0.15) is 0 Å². The minimum atomic E-state index is 0.344. The molecule has 0 spiro atoms. The number of rotatable bonds is 9. The predicted molar refractivity (Wildman–Crippen MR) is 223 cm³/mol. The number of hydrogen-bond acceptors (Lipinski definition) is 6. The molecule has 6 rings (SSSR count). The fourth-order valence-electron chi connectivity index (χ4n) is 7.16. The lowest BCUT2D eigenvalue weighted by Crippen LogP contribution is -2.30. The minimum Gasteiger partial charge on any atom is -0.537 e. The zero-order valence-electron chi connectivity index (χ0n) is 32.8. The van der Waals surface area contributed by atoms with Crippen LogP contribution in [0.3, 0.4) is 0 Å². The lowest BCUT2D eigenvalue weighted by Gasteiger charge is -2.36. The third kappa shape index (κ3) is 14.1. The van der Waals surface area contributed by atoms with E-state index in [1.54, 1.807) is 24.3 Å². The van der Waals surface area contributed by atoms with Crippen molar-refractivity contribution in [2.75, 3.05) is 0 Å². The summed E-state index contributed by atoms with van der Waals surface area (Å²) in [5, 5.41) is 8.23. The molecule has 0 saturated heterocycles. The Kier molecular flexibility index (Phi) is 16.4. The van der Waals surface area contributed by atoms with Gasteiger partial charge in [0.1, 0.15) is 29.8 Å². The molecule has 54 heavy (non-hydrogen) atoms. The van der Waals surface area contributed by atoms with Crippen molar-refractivity contribution in [2.45, 2.75) is 105 Å². The third-order valence-corrected chi connectivity index (χ3v) is 11.2. The zero-order valence-corrected chi connectivity index (χ0v) is 34.4. The molecule has 0 unspecified atom stereocenters. The van der Waals surface area contributed by atoms with Crippen LogP contribution in [0.5, 0.6) is 17.2 Å². The lowest BCUT2D eigenvalue weighted by molar-refractivity contribution is 0.0880. The van der Waals surface area contributed by atoms with Crippen molar-refractivity contribution in [2.24, 2.45) is 22.7 Å². The monoisotopic (exact) mass is 795 g/mol. The van der Waals surface area contributed by atoms with Gasteiger partial charge in [0.15, 0.2) is 0 Å². The van der Waals surface area contributed by atoms with E-state index in [2.05, 4.69) is 86.4 Å². The molecule has 0 atom stereocenters. The van der Waals surface area contributed by atoms with E-state index >= 15 is 0 Å². The van der Waals surface area contributed by atoms with E-state index in [4.69, 9.17) is 14.5 Å². The third-order valence-electron chi connectivity index (χ3n) is 10.7. The Morgan fingerprint density at radius 2 is 0.870 bits per heavy atom. The van der Waals surface area contributed by atoms with Gasteiger partial charge in [0, 0.05) is 15.6 Å². The highest BCUT2D eigenvalue weighted by Gasteiger charge is 2.31. The van der Waals surface area contributed by atoms with Gasteiger partial charge in [-0.05, 0) is 146 Å². The van der Waals surface area contributed by atoms with Crippen LogP contribution in [0.1, 0.15) is 114 Å². The first-order valence-electron chi connectivity index (χ1n) is 19.2. The van der Waals surface area contributed by atoms with Gasteiger partial charge in [0.25, 0.3) is 0 Å². The van der Waals surface area contributed by atoms with Crippen molar-refractivity contribution in [1.29, 1.82) is 0 Å². The number of aldehydes is 2. The van der Waals surface area contributed by atoms with E-state index in [9.17, 15) is 9.59 Å². The smallest absolute Gasteiger partial charge is 0.537 e. The quantitative estimate of drug-likeness (QED) is 0.134. The minimum absolute atomic E-state index is 0.344. The predicted octanol–water partition coefficient (Wildman–Crippen LogP) is 12.0. The Balaban J connectivity index is 0.000000195. The van der Waals surface area contributed by atoms with Crippen LogP contribution in [0.4, 0.5) is 0 Å². The lowest BCUT2D eigenvalue weighted by atomic mass is 9.72. The number of halogens is 1. The summed E-state index contributed by atoms with van der Waals surface area (Å²) in [4.78, 5) is 20.9. The normalized spacial score (nSPS) is 19.8. The molecule has 2 aliphatic rings. The molecule has 8 heteroatoms. The molecule has 4 aromatic rings. The molecule has 1 N–H and O–H groups in total. The Bertz CT molecular complexity index is 1680. The van der Waals surface area contributed by atoms with Crippen LogP contribution in [0.15, 0.2) is 102 Å². The van der Waals surface area contributed by atoms with Gasteiger partial charge in [-0.3, -0.25) is 9.59 Å². The molecule has 0 heterocycles. The molecule has 1 radical (unpaired) electrons. The largest absolute Gasteiger partial charge is 0.569 e. The van der Waals surface area contributed by atoms with Crippen molar-refractivity contribution in [3.8, 4) is 28.4 Å². The van der Waals surface area contributed by atoms with Gasteiger partial charge in [-0.15, -0.1) is 0 Å². The first-order chi connectivity index (χ1) is 25.8.